The van der Waals surface area contributed by atoms with Gasteiger partial charge in [-0.3, -0.25) is 0 Å². The molecule has 2 aromatic rings. The van der Waals surface area contributed by atoms with E-state index >= 15 is 0 Å². The zero-order valence-electron chi connectivity index (χ0n) is 11.1. The third-order valence-corrected chi connectivity index (χ3v) is 4.13. The molecule has 0 unspecified atom stereocenters. The van der Waals surface area contributed by atoms with Crippen molar-refractivity contribution in [2.45, 2.75) is 19.4 Å². The van der Waals surface area contributed by atoms with E-state index in [0.29, 0.717) is 13.0 Å². The minimum absolute atomic E-state index is 0.00179. The Morgan fingerprint density at radius 3 is 2.70 bits per heavy atom. The SMILES string of the molecule is COc1cc2c3c(c1)OCc1cc(O)c(O)c(c1-3)CC2. The van der Waals surface area contributed by atoms with E-state index < -0.39 is 0 Å². The quantitative estimate of drug-likeness (QED) is 0.782. The number of hydrogen-bond donors (Lipinski definition) is 2. The van der Waals surface area contributed by atoms with Crippen molar-refractivity contribution in [3.63, 3.8) is 0 Å². The molecule has 2 N–H and O–H groups in total. The molecule has 20 heavy (non-hydrogen) atoms. The smallest absolute Gasteiger partial charge is 0.161 e. The zero-order valence-corrected chi connectivity index (χ0v) is 11.1. The molecule has 1 heterocycles. The molecule has 0 saturated carbocycles. The van der Waals surface area contributed by atoms with E-state index in [4.69, 9.17) is 9.47 Å². The maximum atomic E-state index is 10.1. The van der Waals surface area contributed by atoms with Crippen LogP contribution in [0.3, 0.4) is 0 Å². The molecule has 2 aromatic carbocycles. The summed E-state index contributed by atoms with van der Waals surface area (Å²) in [4.78, 5) is 0. The number of ether oxygens (including phenoxy) is 2. The van der Waals surface area contributed by atoms with Crippen LogP contribution in [0.2, 0.25) is 0 Å². The van der Waals surface area contributed by atoms with Gasteiger partial charge in [0.2, 0.25) is 0 Å². The summed E-state index contributed by atoms with van der Waals surface area (Å²) in [7, 11) is 1.64. The second-order valence-electron chi connectivity index (χ2n) is 5.21. The highest BCUT2D eigenvalue weighted by Gasteiger charge is 2.30. The fraction of sp³-hybridized carbons (Fsp3) is 0.250. The van der Waals surface area contributed by atoms with E-state index in [-0.39, 0.29) is 11.5 Å². The predicted molar refractivity (Wildman–Crippen MR) is 73.5 cm³/mol. The first-order valence-electron chi connectivity index (χ1n) is 6.60. The third kappa shape index (κ3) is 1.36. The van der Waals surface area contributed by atoms with Crippen molar-refractivity contribution < 1.29 is 19.7 Å². The molecule has 1 aliphatic carbocycles. The summed E-state index contributed by atoms with van der Waals surface area (Å²) < 4.78 is 11.1. The number of phenols is 2. The molecule has 0 fully saturated rings. The first kappa shape index (κ1) is 11.5. The summed E-state index contributed by atoms with van der Waals surface area (Å²) in [6.45, 7) is 0.399. The molecular weight excluding hydrogens is 256 g/mol. The van der Waals surface area contributed by atoms with Crippen molar-refractivity contribution in [1.82, 2.24) is 0 Å². The standard InChI is InChI=1S/C16H14O4/c1-19-10-4-8-2-3-11-14-9(5-12(17)16(11)18)7-20-13(6-10)15(8)14/h4-6,17-18H,2-3,7H2,1H3. The zero-order chi connectivity index (χ0) is 13.9. The van der Waals surface area contributed by atoms with Crippen LogP contribution in [-0.4, -0.2) is 17.3 Å². The molecule has 0 radical (unpaired) electrons. The van der Waals surface area contributed by atoms with Crippen LogP contribution in [0.15, 0.2) is 18.2 Å². The highest BCUT2D eigenvalue weighted by Crippen LogP contribution is 2.51. The highest BCUT2D eigenvalue weighted by atomic mass is 16.5. The number of rotatable bonds is 1. The van der Waals surface area contributed by atoms with Crippen LogP contribution in [0.25, 0.3) is 11.1 Å². The summed E-state index contributed by atoms with van der Waals surface area (Å²) in [5.41, 5.74) is 4.96. The van der Waals surface area contributed by atoms with E-state index in [2.05, 4.69) is 0 Å². The van der Waals surface area contributed by atoms with Gasteiger partial charge in [0.1, 0.15) is 18.1 Å². The Balaban J connectivity index is 2.07. The van der Waals surface area contributed by atoms with E-state index in [0.717, 1.165) is 45.7 Å². The van der Waals surface area contributed by atoms with Gasteiger partial charge in [-0.2, -0.15) is 0 Å². The number of benzene rings is 2. The Kier molecular flexibility index (Phi) is 2.19. The third-order valence-electron chi connectivity index (χ3n) is 4.13. The van der Waals surface area contributed by atoms with E-state index in [9.17, 15) is 10.2 Å². The highest BCUT2D eigenvalue weighted by molar-refractivity contribution is 5.85. The number of hydrogen-bond acceptors (Lipinski definition) is 4. The summed E-state index contributed by atoms with van der Waals surface area (Å²) in [5.74, 6) is 1.51. The van der Waals surface area contributed by atoms with Gasteiger partial charge in [-0.1, -0.05) is 0 Å². The maximum Gasteiger partial charge on any atom is 0.161 e. The van der Waals surface area contributed by atoms with Gasteiger partial charge in [0, 0.05) is 22.8 Å². The summed E-state index contributed by atoms with van der Waals surface area (Å²) in [6, 6.07) is 5.49. The van der Waals surface area contributed by atoms with Crippen LogP contribution in [0.4, 0.5) is 0 Å². The predicted octanol–water partition coefficient (Wildman–Crippen LogP) is 2.76. The molecule has 0 bridgehead atoms. The molecule has 0 aromatic heterocycles. The van der Waals surface area contributed by atoms with E-state index in [1.165, 1.54) is 0 Å². The molecule has 102 valence electrons. The first-order valence-corrected chi connectivity index (χ1v) is 6.60. The second-order valence-corrected chi connectivity index (χ2v) is 5.21. The summed E-state index contributed by atoms with van der Waals surface area (Å²) in [6.07, 6.45) is 1.51. The molecule has 0 atom stereocenters. The number of aromatic hydroxyl groups is 2. The molecule has 1 aliphatic heterocycles. The Morgan fingerprint density at radius 1 is 1.05 bits per heavy atom. The topological polar surface area (TPSA) is 58.9 Å². The normalized spacial score (nSPS) is 14.4. The van der Waals surface area contributed by atoms with Crippen LogP contribution >= 0.6 is 0 Å². The maximum absolute atomic E-state index is 10.1. The van der Waals surface area contributed by atoms with E-state index in [1.54, 1.807) is 13.2 Å². The lowest BCUT2D eigenvalue weighted by molar-refractivity contribution is 0.296. The summed E-state index contributed by atoms with van der Waals surface area (Å²) in [5, 5.41) is 19.9. The van der Waals surface area contributed by atoms with Gasteiger partial charge in [-0.25, -0.2) is 0 Å². The Hall–Kier alpha value is -2.36. The Bertz CT molecular complexity index is 717. The van der Waals surface area contributed by atoms with Crippen LogP contribution in [0.5, 0.6) is 23.0 Å². The van der Waals surface area contributed by atoms with Crippen molar-refractivity contribution in [2.24, 2.45) is 0 Å². The molecule has 0 spiro atoms. The van der Waals surface area contributed by atoms with Crippen molar-refractivity contribution in [3.8, 4) is 34.1 Å². The molecular formula is C16H14O4. The second kappa shape index (κ2) is 3.82. The van der Waals surface area contributed by atoms with Crippen molar-refractivity contribution in [2.75, 3.05) is 7.11 Å². The van der Waals surface area contributed by atoms with Gasteiger partial charge in [0.05, 0.1) is 7.11 Å². The minimum atomic E-state index is -0.0669. The van der Waals surface area contributed by atoms with Gasteiger partial charge in [-0.15, -0.1) is 0 Å². The average Bonchev–Trinajstić information content (AvgIpc) is 2.48. The molecule has 0 saturated heterocycles. The van der Waals surface area contributed by atoms with Crippen molar-refractivity contribution in [1.29, 1.82) is 0 Å². The molecule has 0 amide bonds. The van der Waals surface area contributed by atoms with Crippen LogP contribution in [0, 0.1) is 0 Å². The Morgan fingerprint density at radius 2 is 1.90 bits per heavy atom. The number of methoxy groups -OCH3 is 1. The first-order chi connectivity index (χ1) is 9.69. The van der Waals surface area contributed by atoms with Gasteiger partial charge >= 0.3 is 0 Å². The summed E-state index contributed by atoms with van der Waals surface area (Å²) >= 11 is 0. The lowest BCUT2D eigenvalue weighted by Gasteiger charge is -2.30. The largest absolute Gasteiger partial charge is 0.504 e. The van der Waals surface area contributed by atoms with Crippen LogP contribution < -0.4 is 9.47 Å². The van der Waals surface area contributed by atoms with Gasteiger partial charge in [0.15, 0.2) is 11.5 Å². The lowest BCUT2D eigenvalue weighted by Crippen LogP contribution is -2.14. The monoisotopic (exact) mass is 270 g/mol. The van der Waals surface area contributed by atoms with Gasteiger partial charge < -0.3 is 19.7 Å². The van der Waals surface area contributed by atoms with Crippen molar-refractivity contribution >= 4 is 0 Å². The van der Waals surface area contributed by atoms with Crippen LogP contribution in [-0.2, 0) is 19.4 Å². The minimum Gasteiger partial charge on any atom is -0.504 e. The fourth-order valence-electron chi connectivity index (χ4n) is 3.21. The number of aryl methyl sites for hydroxylation is 1. The molecule has 2 aliphatic rings. The molecule has 4 nitrogen and oxygen atoms in total. The lowest BCUT2D eigenvalue weighted by atomic mass is 9.80. The fourth-order valence-corrected chi connectivity index (χ4v) is 3.21. The molecule has 4 heteroatoms. The Labute approximate surface area is 116 Å². The van der Waals surface area contributed by atoms with Crippen LogP contribution in [0.1, 0.15) is 16.7 Å². The van der Waals surface area contributed by atoms with Gasteiger partial charge in [-0.05, 0) is 36.1 Å². The van der Waals surface area contributed by atoms with Crippen molar-refractivity contribution in [3.05, 3.63) is 34.9 Å². The van der Waals surface area contributed by atoms with Gasteiger partial charge in [0.25, 0.3) is 0 Å². The number of phenolic OH excluding ortho intramolecular Hbond substituents is 2. The van der Waals surface area contributed by atoms with E-state index in [1.807, 2.05) is 12.1 Å². The average molecular weight is 270 g/mol. The molecule has 4 rings (SSSR count).